The normalized spacial score (nSPS) is 25.9. The number of amides is 1. The topological polar surface area (TPSA) is 45.5 Å². The SMILES string of the molecule is O=C(c1cc2ccccc2o1)N1CCC2(CCNC2)C1. The molecular weight excluding hydrogens is 252 g/mol. The highest BCUT2D eigenvalue weighted by molar-refractivity contribution is 5.96. The number of rotatable bonds is 1. The van der Waals surface area contributed by atoms with E-state index in [1.165, 1.54) is 6.42 Å². The molecule has 2 aliphatic heterocycles. The standard InChI is InChI=1S/C16H18N2O2/c19-15(14-9-12-3-1-2-4-13(12)20-14)18-8-6-16(11-18)5-7-17-10-16/h1-4,9,17H,5-8,10-11H2. The summed E-state index contributed by atoms with van der Waals surface area (Å²) in [4.78, 5) is 14.5. The first-order valence-corrected chi connectivity index (χ1v) is 7.24. The minimum absolute atomic E-state index is 0.0324. The Bertz CT molecular complexity index is 622. The van der Waals surface area contributed by atoms with E-state index in [0.717, 1.165) is 43.6 Å². The molecule has 2 saturated heterocycles. The van der Waals surface area contributed by atoms with Crippen molar-refractivity contribution in [2.75, 3.05) is 26.2 Å². The lowest BCUT2D eigenvalue weighted by Crippen LogP contribution is -2.33. The summed E-state index contributed by atoms with van der Waals surface area (Å²) in [7, 11) is 0. The van der Waals surface area contributed by atoms with Crippen LogP contribution in [0.25, 0.3) is 11.0 Å². The Hall–Kier alpha value is -1.81. The Kier molecular flexibility index (Phi) is 2.60. The van der Waals surface area contributed by atoms with Crippen molar-refractivity contribution in [3.63, 3.8) is 0 Å². The van der Waals surface area contributed by atoms with Crippen LogP contribution in [0.3, 0.4) is 0 Å². The number of nitrogens with one attached hydrogen (secondary N) is 1. The summed E-state index contributed by atoms with van der Waals surface area (Å²) < 4.78 is 5.69. The zero-order chi connectivity index (χ0) is 13.6. The maximum Gasteiger partial charge on any atom is 0.289 e. The predicted molar refractivity (Wildman–Crippen MR) is 76.7 cm³/mol. The molecule has 2 fully saturated rings. The average molecular weight is 270 g/mol. The van der Waals surface area contributed by atoms with E-state index >= 15 is 0 Å². The van der Waals surface area contributed by atoms with Gasteiger partial charge in [0.2, 0.25) is 0 Å². The second-order valence-electron chi connectivity index (χ2n) is 6.05. The fraction of sp³-hybridized carbons (Fsp3) is 0.438. The number of benzene rings is 1. The van der Waals surface area contributed by atoms with Gasteiger partial charge in [-0.05, 0) is 31.5 Å². The number of para-hydroxylation sites is 1. The highest BCUT2D eigenvalue weighted by Gasteiger charge is 2.42. The second kappa shape index (κ2) is 4.35. The van der Waals surface area contributed by atoms with Crippen LogP contribution in [0.1, 0.15) is 23.4 Å². The van der Waals surface area contributed by atoms with Crippen LogP contribution in [0.2, 0.25) is 0 Å². The van der Waals surface area contributed by atoms with Crippen molar-refractivity contribution in [1.29, 1.82) is 0 Å². The highest BCUT2D eigenvalue weighted by atomic mass is 16.3. The molecule has 0 aliphatic carbocycles. The first kappa shape index (κ1) is 12.0. The number of fused-ring (bicyclic) bond motifs is 1. The van der Waals surface area contributed by atoms with Crippen molar-refractivity contribution in [3.8, 4) is 0 Å². The molecule has 1 N–H and O–H groups in total. The van der Waals surface area contributed by atoms with E-state index in [0.29, 0.717) is 11.2 Å². The van der Waals surface area contributed by atoms with Crippen LogP contribution in [0.15, 0.2) is 34.7 Å². The molecule has 4 heteroatoms. The van der Waals surface area contributed by atoms with Crippen molar-refractivity contribution in [1.82, 2.24) is 10.2 Å². The van der Waals surface area contributed by atoms with Crippen LogP contribution in [0.5, 0.6) is 0 Å². The van der Waals surface area contributed by atoms with E-state index < -0.39 is 0 Å². The second-order valence-corrected chi connectivity index (χ2v) is 6.05. The molecule has 2 aromatic rings. The lowest BCUT2D eigenvalue weighted by molar-refractivity contribution is 0.0746. The van der Waals surface area contributed by atoms with Gasteiger partial charge in [-0.2, -0.15) is 0 Å². The van der Waals surface area contributed by atoms with Crippen LogP contribution in [0.4, 0.5) is 0 Å². The summed E-state index contributed by atoms with van der Waals surface area (Å²) in [5.41, 5.74) is 1.09. The molecule has 0 saturated carbocycles. The Morgan fingerprint density at radius 1 is 1.30 bits per heavy atom. The van der Waals surface area contributed by atoms with Gasteiger partial charge in [-0.15, -0.1) is 0 Å². The molecule has 20 heavy (non-hydrogen) atoms. The van der Waals surface area contributed by atoms with Crippen LogP contribution in [-0.2, 0) is 0 Å². The van der Waals surface area contributed by atoms with Crippen LogP contribution in [0, 0.1) is 5.41 Å². The smallest absolute Gasteiger partial charge is 0.289 e. The molecule has 4 rings (SSSR count). The Labute approximate surface area is 117 Å². The van der Waals surface area contributed by atoms with Gasteiger partial charge in [0.05, 0.1) is 0 Å². The van der Waals surface area contributed by atoms with Crippen molar-refractivity contribution in [2.45, 2.75) is 12.8 Å². The third-order valence-electron chi connectivity index (χ3n) is 4.69. The fourth-order valence-electron chi connectivity index (χ4n) is 3.50. The molecule has 3 heterocycles. The molecule has 1 aromatic heterocycles. The number of likely N-dealkylation sites (tertiary alicyclic amines) is 1. The van der Waals surface area contributed by atoms with Crippen LogP contribution in [-0.4, -0.2) is 37.0 Å². The monoisotopic (exact) mass is 270 g/mol. The Morgan fingerprint density at radius 2 is 2.20 bits per heavy atom. The maximum atomic E-state index is 12.6. The van der Waals surface area contributed by atoms with Gasteiger partial charge in [-0.25, -0.2) is 0 Å². The van der Waals surface area contributed by atoms with Gasteiger partial charge < -0.3 is 14.6 Å². The minimum Gasteiger partial charge on any atom is -0.451 e. The number of carbonyl (C=O) groups is 1. The van der Waals surface area contributed by atoms with E-state index in [1.54, 1.807) is 0 Å². The molecule has 4 nitrogen and oxygen atoms in total. The zero-order valence-corrected chi connectivity index (χ0v) is 11.4. The van der Waals surface area contributed by atoms with Crippen molar-refractivity contribution < 1.29 is 9.21 Å². The zero-order valence-electron chi connectivity index (χ0n) is 11.4. The van der Waals surface area contributed by atoms with E-state index in [2.05, 4.69) is 5.32 Å². The molecule has 0 radical (unpaired) electrons. The number of hydrogen-bond acceptors (Lipinski definition) is 3. The molecule has 0 bridgehead atoms. The quantitative estimate of drug-likeness (QED) is 0.864. The van der Waals surface area contributed by atoms with Gasteiger partial charge in [-0.3, -0.25) is 4.79 Å². The lowest BCUT2D eigenvalue weighted by atomic mass is 9.87. The summed E-state index contributed by atoms with van der Waals surface area (Å²) in [6.45, 7) is 3.82. The van der Waals surface area contributed by atoms with Gasteiger partial charge >= 0.3 is 0 Å². The minimum atomic E-state index is 0.0324. The van der Waals surface area contributed by atoms with Crippen LogP contribution >= 0.6 is 0 Å². The Balaban J connectivity index is 1.58. The van der Waals surface area contributed by atoms with Crippen molar-refractivity contribution >= 4 is 16.9 Å². The summed E-state index contributed by atoms with van der Waals surface area (Å²) >= 11 is 0. The third-order valence-corrected chi connectivity index (χ3v) is 4.69. The molecule has 1 amide bonds. The molecule has 1 aromatic carbocycles. The molecule has 1 unspecified atom stereocenters. The van der Waals surface area contributed by atoms with E-state index in [-0.39, 0.29) is 5.91 Å². The number of carbonyl (C=O) groups excluding carboxylic acids is 1. The van der Waals surface area contributed by atoms with E-state index in [4.69, 9.17) is 4.42 Å². The molecule has 1 spiro atoms. The predicted octanol–water partition coefficient (Wildman–Crippen LogP) is 2.26. The third kappa shape index (κ3) is 1.83. The summed E-state index contributed by atoms with van der Waals surface area (Å²) in [6, 6.07) is 9.62. The summed E-state index contributed by atoms with van der Waals surface area (Å²) in [6.07, 6.45) is 2.28. The summed E-state index contributed by atoms with van der Waals surface area (Å²) in [5, 5.41) is 4.41. The van der Waals surface area contributed by atoms with Crippen LogP contribution < -0.4 is 5.32 Å². The van der Waals surface area contributed by atoms with Gasteiger partial charge in [0.1, 0.15) is 5.58 Å². The highest BCUT2D eigenvalue weighted by Crippen LogP contribution is 2.36. The van der Waals surface area contributed by atoms with Gasteiger partial charge in [0.15, 0.2) is 5.76 Å². The fourth-order valence-corrected chi connectivity index (χ4v) is 3.50. The lowest BCUT2D eigenvalue weighted by Gasteiger charge is -2.22. The number of nitrogens with zero attached hydrogens (tertiary/aromatic N) is 1. The Morgan fingerprint density at radius 3 is 3.00 bits per heavy atom. The summed E-state index contributed by atoms with van der Waals surface area (Å²) in [5.74, 6) is 0.499. The average Bonchev–Trinajstić information content (AvgIpc) is 3.19. The van der Waals surface area contributed by atoms with Gasteiger partial charge in [0.25, 0.3) is 5.91 Å². The number of furan rings is 1. The van der Waals surface area contributed by atoms with Gasteiger partial charge in [0, 0.05) is 30.4 Å². The van der Waals surface area contributed by atoms with E-state index in [1.807, 2.05) is 35.2 Å². The largest absolute Gasteiger partial charge is 0.451 e. The van der Waals surface area contributed by atoms with Gasteiger partial charge in [-0.1, -0.05) is 18.2 Å². The first-order valence-electron chi connectivity index (χ1n) is 7.24. The first-order chi connectivity index (χ1) is 9.76. The van der Waals surface area contributed by atoms with E-state index in [9.17, 15) is 4.79 Å². The molecule has 1 atom stereocenters. The van der Waals surface area contributed by atoms with Crippen molar-refractivity contribution in [2.24, 2.45) is 5.41 Å². The van der Waals surface area contributed by atoms with Crippen molar-refractivity contribution in [3.05, 3.63) is 36.1 Å². The molecule has 104 valence electrons. The number of hydrogen-bond donors (Lipinski definition) is 1. The molecular formula is C16H18N2O2. The molecule has 2 aliphatic rings. The maximum absolute atomic E-state index is 12.6.